The first-order valence-electron chi connectivity index (χ1n) is 9.62. The quantitative estimate of drug-likeness (QED) is 0.613. The highest BCUT2D eigenvalue weighted by Crippen LogP contribution is 2.17. The molecule has 0 unspecified atom stereocenters. The van der Waals surface area contributed by atoms with E-state index >= 15 is 0 Å². The van der Waals surface area contributed by atoms with Crippen LogP contribution < -0.4 is 10.6 Å². The fraction of sp³-hybridized carbons (Fsp3) is 0.429. The van der Waals surface area contributed by atoms with Gasteiger partial charge in [-0.1, -0.05) is 0 Å². The van der Waals surface area contributed by atoms with Gasteiger partial charge in [-0.25, -0.2) is 4.98 Å². The molecule has 1 aromatic carbocycles. The first-order valence-corrected chi connectivity index (χ1v) is 10.5. The molecular formula is C21H27N5O2S. The SMILES string of the molecule is CC(C)N(CCCNC(=O)c1csc(NC(=O)c2ccc(C#N)cc2)n1)C(C)C. The lowest BCUT2D eigenvalue weighted by Gasteiger charge is -2.30. The van der Waals surface area contributed by atoms with Gasteiger partial charge in [0.05, 0.1) is 11.6 Å². The molecule has 7 nitrogen and oxygen atoms in total. The summed E-state index contributed by atoms with van der Waals surface area (Å²) in [6.07, 6.45) is 0.856. The van der Waals surface area contributed by atoms with Crippen molar-refractivity contribution in [3.63, 3.8) is 0 Å². The molecule has 0 aliphatic heterocycles. The molecule has 0 aliphatic rings. The summed E-state index contributed by atoms with van der Waals surface area (Å²) in [4.78, 5) is 31.1. The summed E-state index contributed by atoms with van der Waals surface area (Å²) in [7, 11) is 0. The lowest BCUT2D eigenvalue weighted by atomic mass is 10.1. The molecule has 2 N–H and O–H groups in total. The molecule has 1 heterocycles. The Balaban J connectivity index is 1.83. The number of carbonyl (C=O) groups excluding carboxylic acids is 2. The zero-order valence-electron chi connectivity index (χ0n) is 17.2. The van der Waals surface area contributed by atoms with Gasteiger partial charge in [-0.05, 0) is 58.4 Å². The van der Waals surface area contributed by atoms with Crippen LogP contribution in [0.25, 0.3) is 0 Å². The Bertz CT molecular complexity index is 860. The molecule has 1 aromatic heterocycles. The zero-order valence-corrected chi connectivity index (χ0v) is 18.0. The number of carbonyl (C=O) groups is 2. The van der Waals surface area contributed by atoms with Crippen molar-refractivity contribution in [3.05, 3.63) is 46.5 Å². The predicted molar refractivity (Wildman–Crippen MR) is 115 cm³/mol. The molecule has 154 valence electrons. The van der Waals surface area contributed by atoms with Crippen molar-refractivity contribution in [2.75, 3.05) is 18.4 Å². The highest BCUT2D eigenvalue weighted by molar-refractivity contribution is 7.14. The van der Waals surface area contributed by atoms with Crippen LogP contribution in [0.2, 0.25) is 0 Å². The molecule has 0 radical (unpaired) electrons. The van der Waals surface area contributed by atoms with Crippen LogP contribution in [0.1, 0.15) is 60.5 Å². The number of hydrogen-bond donors (Lipinski definition) is 2. The molecule has 2 aromatic rings. The Morgan fingerprint density at radius 1 is 1.14 bits per heavy atom. The molecule has 8 heteroatoms. The van der Waals surface area contributed by atoms with Gasteiger partial charge in [-0.2, -0.15) is 5.26 Å². The summed E-state index contributed by atoms with van der Waals surface area (Å²) in [5.74, 6) is -0.584. The maximum absolute atomic E-state index is 12.3. The summed E-state index contributed by atoms with van der Waals surface area (Å²) in [5.41, 5.74) is 1.19. The van der Waals surface area contributed by atoms with E-state index in [4.69, 9.17) is 5.26 Å². The fourth-order valence-corrected chi connectivity index (χ4v) is 3.65. The number of nitrogens with one attached hydrogen (secondary N) is 2. The van der Waals surface area contributed by atoms with E-state index in [1.54, 1.807) is 29.6 Å². The van der Waals surface area contributed by atoms with Crippen LogP contribution in [0, 0.1) is 11.3 Å². The molecule has 2 rings (SSSR count). The Hall–Kier alpha value is -2.76. The van der Waals surface area contributed by atoms with E-state index in [1.807, 2.05) is 6.07 Å². The standard InChI is InChI=1S/C21H27N5O2S/c1-14(2)26(15(3)4)11-5-10-23-20(28)18-13-29-21(24-18)25-19(27)17-8-6-16(12-22)7-9-17/h6-9,13-15H,5,10-11H2,1-4H3,(H,23,28)(H,24,25,27). The molecule has 0 fully saturated rings. The second kappa shape index (κ2) is 10.7. The van der Waals surface area contributed by atoms with Crippen LogP contribution in [-0.2, 0) is 0 Å². The van der Waals surface area contributed by atoms with Crippen LogP contribution in [0.4, 0.5) is 5.13 Å². The van der Waals surface area contributed by atoms with Gasteiger partial charge in [0.1, 0.15) is 5.69 Å². The maximum Gasteiger partial charge on any atom is 0.270 e. The minimum Gasteiger partial charge on any atom is -0.351 e. The van der Waals surface area contributed by atoms with E-state index in [0.717, 1.165) is 13.0 Å². The minimum atomic E-state index is -0.335. The van der Waals surface area contributed by atoms with Gasteiger partial charge in [-0.3, -0.25) is 19.8 Å². The number of nitriles is 1. The number of amides is 2. The van der Waals surface area contributed by atoms with E-state index in [0.29, 0.717) is 34.9 Å². The Morgan fingerprint density at radius 2 is 1.79 bits per heavy atom. The van der Waals surface area contributed by atoms with Crippen LogP contribution in [0.5, 0.6) is 0 Å². The van der Waals surface area contributed by atoms with E-state index in [2.05, 4.69) is 48.2 Å². The van der Waals surface area contributed by atoms with Crippen molar-refractivity contribution in [2.45, 2.75) is 46.2 Å². The van der Waals surface area contributed by atoms with Crippen molar-refractivity contribution in [1.82, 2.24) is 15.2 Å². The summed E-state index contributed by atoms with van der Waals surface area (Å²) in [5, 5.41) is 16.3. The third-order valence-corrected chi connectivity index (χ3v) is 5.20. The first-order chi connectivity index (χ1) is 13.8. The zero-order chi connectivity index (χ0) is 21.4. The van der Waals surface area contributed by atoms with Crippen LogP contribution in [-0.4, -0.2) is 46.9 Å². The minimum absolute atomic E-state index is 0.249. The third kappa shape index (κ3) is 6.66. The summed E-state index contributed by atoms with van der Waals surface area (Å²) >= 11 is 1.20. The van der Waals surface area contributed by atoms with Crippen molar-refractivity contribution in [3.8, 4) is 6.07 Å². The first kappa shape index (κ1) is 22.5. The van der Waals surface area contributed by atoms with E-state index in [-0.39, 0.29) is 17.5 Å². The lowest BCUT2D eigenvalue weighted by Crippen LogP contribution is -2.39. The molecule has 29 heavy (non-hydrogen) atoms. The summed E-state index contributed by atoms with van der Waals surface area (Å²) in [6.45, 7) is 10.2. The van der Waals surface area contributed by atoms with Gasteiger partial charge in [-0.15, -0.1) is 11.3 Å². The highest BCUT2D eigenvalue weighted by Gasteiger charge is 2.15. The van der Waals surface area contributed by atoms with E-state index < -0.39 is 0 Å². The molecule has 0 atom stereocenters. The third-order valence-electron chi connectivity index (χ3n) is 4.44. The number of aromatic nitrogens is 1. The van der Waals surface area contributed by atoms with Gasteiger partial charge in [0.25, 0.3) is 11.8 Å². The number of anilines is 1. The number of nitrogens with zero attached hydrogens (tertiary/aromatic N) is 3. The Kier molecular flexibility index (Phi) is 8.31. The van der Waals surface area contributed by atoms with Crippen molar-refractivity contribution < 1.29 is 9.59 Å². The predicted octanol–water partition coefficient (Wildman–Crippen LogP) is 3.51. The van der Waals surface area contributed by atoms with Crippen molar-refractivity contribution in [1.29, 1.82) is 5.26 Å². The van der Waals surface area contributed by atoms with E-state index in [9.17, 15) is 9.59 Å². The van der Waals surface area contributed by atoms with E-state index in [1.165, 1.54) is 11.3 Å². The average Bonchev–Trinajstić information content (AvgIpc) is 3.15. The fourth-order valence-electron chi connectivity index (χ4n) is 2.97. The second-order valence-corrected chi connectivity index (χ2v) is 8.07. The molecule has 0 bridgehead atoms. The topological polar surface area (TPSA) is 98.1 Å². The van der Waals surface area contributed by atoms with Crippen molar-refractivity contribution in [2.24, 2.45) is 0 Å². The maximum atomic E-state index is 12.3. The largest absolute Gasteiger partial charge is 0.351 e. The number of benzene rings is 1. The number of hydrogen-bond acceptors (Lipinski definition) is 6. The second-order valence-electron chi connectivity index (χ2n) is 7.22. The molecule has 0 spiro atoms. The molecule has 0 saturated heterocycles. The average molecular weight is 414 g/mol. The van der Waals surface area contributed by atoms with Crippen molar-refractivity contribution >= 4 is 28.3 Å². The summed E-state index contributed by atoms with van der Waals surface area (Å²) in [6, 6.07) is 9.25. The smallest absolute Gasteiger partial charge is 0.270 e. The molecule has 2 amide bonds. The van der Waals surface area contributed by atoms with Gasteiger partial charge < -0.3 is 5.32 Å². The molecular weight excluding hydrogens is 386 g/mol. The van der Waals surface area contributed by atoms with Gasteiger partial charge >= 0.3 is 0 Å². The summed E-state index contributed by atoms with van der Waals surface area (Å²) < 4.78 is 0. The van der Waals surface area contributed by atoms with Crippen LogP contribution >= 0.6 is 11.3 Å². The van der Waals surface area contributed by atoms with Gasteiger partial charge in [0.15, 0.2) is 5.13 Å². The Labute approximate surface area is 175 Å². The number of rotatable bonds is 9. The normalized spacial score (nSPS) is 11.0. The monoisotopic (exact) mass is 413 g/mol. The highest BCUT2D eigenvalue weighted by atomic mass is 32.1. The van der Waals surface area contributed by atoms with Crippen LogP contribution in [0.15, 0.2) is 29.6 Å². The van der Waals surface area contributed by atoms with Crippen LogP contribution in [0.3, 0.4) is 0 Å². The van der Waals surface area contributed by atoms with Gasteiger partial charge in [0, 0.05) is 36.1 Å². The lowest BCUT2D eigenvalue weighted by molar-refractivity contribution is 0.0943. The van der Waals surface area contributed by atoms with Gasteiger partial charge in [0.2, 0.25) is 0 Å². The Morgan fingerprint density at radius 3 is 2.38 bits per heavy atom. The molecule has 0 saturated carbocycles. The molecule has 0 aliphatic carbocycles. The number of thiazole rings is 1.